The number of hydrogen-bond donors (Lipinski definition) is 3. The molecule has 1 amide bonds. The third-order valence-electron chi connectivity index (χ3n) is 4.04. The van der Waals surface area contributed by atoms with Gasteiger partial charge in [0.15, 0.2) is 5.82 Å². The van der Waals surface area contributed by atoms with Gasteiger partial charge in [-0.1, -0.05) is 12.5 Å². The molecule has 0 radical (unpaired) electrons. The minimum atomic E-state index is -0.105. The first kappa shape index (κ1) is 18.3. The maximum absolute atomic E-state index is 12.1. The van der Waals surface area contributed by atoms with Crippen LogP contribution >= 0.6 is 0 Å². The highest BCUT2D eigenvalue weighted by Crippen LogP contribution is 2.19. The van der Waals surface area contributed by atoms with Crippen molar-refractivity contribution in [3.8, 4) is 11.8 Å². The van der Waals surface area contributed by atoms with Crippen molar-refractivity contribution in [2.45, 2.75) is 32.6 Å². The number of rotatable bonds is 8. The highest BCUT2D eigenvalue weighted by molar-refractivity contribution is 5.94. The standard InChI is InChI=1S/C18H23N5O2/c1-12-7-8-13(10-16(12)25-2)18(24)21-9-5-3-4-6-15-14(11-19)17(20)23-22-15/h7-8,10H,3-6,9H2,1-2H3,(H,21,24)(H3,20,22,23). The molecule has 25 heavy (non-hydrogen) atoms. The minimum Gasteiger partial charge on any atom is -0.496 e. The Morgan fingerprint density at radius 3 is 2.92 bits per heavy atom. The van der Waals surface area contributed by atoms with Gasteiger partial charge in [0.1, 0.15) is 17.4 Å². The van der Waals surface area contributed by atoms with Gasteiger partial charge in [-0.15, -0.1) is 0 Å². The quantitative estimate of drug-likeness (QED) is 0.637. The first-order valence-corrected chi connectivity index (χ1v) is 8.22. The van der Waals surface area contributed by atoms with E-state index in [-0.39, 0.29) is 11.7 Å². The Morgan fingerprint density at radius 2 is 2.20 bits per heavy atom. The van der Waals surface area contributed by atoms with Crippen LogP contribution in [0.1, 0.15) is 46.4 Å². The molecule has 0 fully saturated rings. The number of anilines is 1. The largest absolute Gasteiger partial charge is 0.496 e. The number of nitrogens with one attached hydrogen (secondary N) is 2. The van der Waals surface area contributed by atoms with Crippen LogP contribution in [0.4, 0.5) is 5.82 Å². The zero-order valence-electron chi connectivity index (χ0n) is 14.6. The Balaban J connectivity index is 1.71. The van der Waals surface area contributed by atoms with Gasteiger partial charge in [-0.2, -0.15) is 10.4 Å². The highest BCUT2D eigenvalue weighted by atomic mass is 16.5. The van der Waals surface area contributed by atoms with Gasteiger partial charge in [-0.05, 0) is 43.9 Å². The van der Waals surface area contributed by atoms with Crippen molar-refractivity contribution in [1.82, 2.24) is 15.5 Å². The van der Waals surface area contributed by atoms with E-state index < -0.39 is 0 Å². The summed E-state index contributed by atoms with van der Waals surface area (Å²) in [6.07, 6.45) is 3.41. The third-order valence-corrected chi connectivity index (χ3v) is 4.04. The van der Waals surface area contributed by atoms with Crippen LogP contribution in [0, 0.1) is 18.3 Å². The van der Waals surface area contributed by atoms with Crippen molar-refractivity contribution < 1.29 is 9.53 Å². The van der Waals surface area contributed by atoms with E-state index in [2.05, 4.69) is 21.6 Å². The predicted octanol–water partition coefficient (Wildman–Crippen LogP) is 2.32. The van der Waals surface area contributed by atoms with Gasteiger partial charge < -0.3 is 15.8 Å². The number of methoxy groups -OCH3 is 1. The fourth-order valence-electron chi connectivity index (χ4n) is 2.57. The highest BCUT2D eigenvalue weighted by Gasteiger charge is 2.10. The molecule has 0 saturated heterocycles. The van der Waals surface area contributed by atoms with E-state index in [4.69, 9.17) is 15.7 Å². The predicted molar refractivity (Wildman–Crippen MR) is 95.3 cm³/mol. The molecule has 0 atom stereocenters. The first-order valence-electron chi connectivity index (χ1n) is 8.22. The van der Waals surface area contributed by atoms with Gasteiger partial charge in [0.2, 0.25) is 0 Å². The number of nitrogens with zero attached hydrogens (tertiary/aromatic N) is 2. The molecule has 0 bridgehead atoms. The smallest absolute Gasteiger partial charge is 0.251 e. The lowest BCUT2D eigenvalue weighted by atomic mass is 10.1. The molecule has 7 nitrogen and oxygen atoms in total. The molecule has 1 aromatic heterocycles. The molecule has 2 aromatic rings. The molecule has 0 saturated carbocycles. The fraction of sp³-hybridized carbons (Fsp3) is 0.389. The van der Waals surface area contributed by atoms with Crippen LogP contribution < -0.4 is 15.8 Å². The summed E-state index contributed by atoms with van der Waals surface area (Å²) in [6.45, 7) is 2.54. The van der Waals surface area contributed by atoms with E-state index in [0.717, 1.165) is 36.9 Å². The molecule has 0 aliphatic heterocycles. The number of ether oxygens (including phenoxy) is 1. The summed E-state index contributed by atoms with van der Waals surface area (Å²) in [5.74, 6) is 0.851. The Bertz CT molecular complexity index is 776. The van der Waals surface area contributed by atoms with Crippen LogP contribution in [0.15, 0.2) is 18.2 Å². The van der Waals surface area contributed by atoms with Gasteiger partial charge in [-0.3, -0.25) is 9.89 Å². The van der Waals surface area contributed by atoms with E-state index in [1.807, 2.05) is 13.0 Å². The molecule has 0 spiro atoms. The number of nitrogen functional groups attached to an aromatic ring is 1. The monoisotopic (exact) mass is 341 g/mol. The number of benzene rings is 1. The number of carbonyl (C=O) groups excluding carboxylic acids is 1. The molecule has 0 unspecified atom stereocenters. The van der Waals surface area contributed by atoms with E-state index >= 15 is 0 Å². The summed E-state index contributed by atoms with van der Waals surface area (Å²) in [5.41, 5.74) is 8.39. The number of amides is 1. The van der Waals surface area contributed by atoms with Crippen LogP contribution in [0.2, 0.25) is 0 Å². The summed E-state index contributed by atoms with van der Waals surface area (Å²) in [5, 5.41) is 18.5. The SMILES string of the molecule is COc1cc(C(=O)NCCCCCc2[nH]nc(N)c2C#N)ccc1C. The summed E-state index contributed by atoms with van der Waals surface area (Å²) in [4.78, 5) is 12.1. The first-order chi connectivity index (χ1) is 12.1. The maximum atomic E-state index is 12.1. The molecule has 1 heterocycles. The number of hydrogen-bond acceptors (Lipinski definition) is 5. The Kier molecular flexibility index (Phi) is 6.40. The lowest BCUT2D eigenvalue weighted by Crippen LogP contribution is -2.24. The van der Waals surface area contributed by atoms with Crippen LogP contribution in [-0.4, -0.2) is 29.8 Å². The maximum Gasteiger partial charge on any atom is 0.251 e. The van der Waals surface area contributed by atoms with E-state index in [1.54, 1.807) is 19.2 Å². The van der Waals surface area contributed by atoms with E-state index in [1.165, 1.54) is 0 Å². The molecule has 0 aliphatic rings. The van der Waals surface area contributed by atoms with Gasteiger partial charge in [0.25, 0.3) is 5.91 Å². The summed E-state index contributed by atoms with van der Waals surface area (Å²) < 4.78 is 5.24. The second-order valence-electron chi connectivity index (χ2n) is 5.83. The van der Waals surface area contributed by atoms with Crippen LogP contribution in [0.25, 0.3) is 0 Å². The number of nitriles is 1. The molecular weight excluding hydrogens is 318 g/mol. The number of carbonyl (C=O) groups is 1. The summed E-state index contributed by atoms with van der Waals surface area (Å²) in [6, 6.07) is 7.47. The second kappa shape index (κ2) is 8.73. The lowest BCUT2D eigenvalue weighted by Gasteiger charge is -2.08. The molecule has 7 heteroatoms. The number of aromatic amines is 1. The average molecular weight is 341 g/mol. The van der Waals surface area contributed by atoms with Gasteiger partial charge >= 0.3 is 0 Å². The third kappa shape index (κ3) is 4.73. The zero-order valence-corrected chi connectivity index (χ0v) is 14.6. The molecule has 1 aromatic carbocycles. The summed E-state index contributed by atoms with van der Waals surface area (Å²) in [7, 11) is 1.59. The normalized spacial score (nSPS) is 10.3. The van der Waals surface area contributed by atoms with Crippen LogP contribution in [-0.2, 0) is 6.42 Å². The number of aromatic nitrogens is 2. The number of nitrogens with two attached hydrogens (primary N) is 1. The van der Waals surface area contributed by atoms with Crippen molar-refractivity contribution in [1.29, 1.82) is 5.26 Å². The van der Waals surface area contributed by atoms with Crippen molar-refractivity contribution in [2.24, 2.45) is 0 Å². The van der Waals surface area contributed by atoms with Crippen LogP contribution in [0.5, 0.6) is 5.75 Å². The van der Waals surface area contributed by atoms with Gasteiger partial charge in [-0.25, -0.2) is 0 Å². The van der Waals surface area contributed by atoms with Crippen molar-refractivity contribution in [3.63, 3.8) is 0 Å². The zero-order chi connectivity index (χ0) is 18.2. The van der Waals surface area contributed by atoms with E-state index in [9.17, 15) is 4.79 Å². The topological polar surface area (TPSA) is 117 Å². The Morgan fingerprint density at radius 1 is 1.40 bits per heavy atom. The molecule has 132 valence electrons. The van der Waals surface area contributed by atoms with Gasteiger partial charge in [0.05, 0.1) is 12.8 Å². The van der Waals surface area contributed by atoms with E-state index in [0.29, 0.717) is 23.4 Å². The van der Waals surface area contributed by atoms with Crippen LogP contribution in [0.3, 0.4) is 0 Å². The average Bonchev–Trinajstić information content (AvgIpc) is 2.97. The molecular formula is C18H23N5O2. The molecule has 2 rings (SSSR count). The Labute approximate surface area is 147 Å². The molecule has 4 N–H and O–H groups in total. The summed E-state index contributed by atoms with van der Waals surface area (Å²) >= 11 is 0. The number of aryl methyl sites for hydroxylation is 2. The van der Waals surface area contributed by atoms with Crippen molar-refractivity contribution in [3.05, 3.63) is 40.6 Å². The Hall–Kier alpha value is -3.01. The number of unbranched alkanes of at least 4 members (excludes halogenated alkanes) is 2. The lowest BCUT2D eigenvalue weighted by molar-refractivity contribution is 0.0952. The fourth-order valence-corrected chi connectivity index (χ4v) is 2.57. The number of H-pyrrole nitrogens is 1. The molecule has 0 aliphatic carbocycles. The van der Waals surface area contributed by atoms with Crippen molar-refractivity contribution >= 4 is 11.7 Å². The second-order valence-corrected chi connectivity index (χ2v) is 5.83. The minimum absolute atomic E-state index is 0.105. The van der Waals surface area contributed by atoms with Crippen molar-refractivity contribution in [2.75, 3.05) is 19.4 Å². The van der Waals surface area contributed by atoms with Gasteiger partial charge in [0, 0.05) is 12.1 Å².